The molecule has 0 bridgehead atoms. The molecule has 168 valence electrons. The molecular formula is C26H25ClN4O2. The molecule has 1 saturated carbocycles. The summed E-state index contributed by atoms with van der Waals surface area (Å²) in [6.45, 7) is 3.31. The van der Waals surface area contributed by atoms with Crippen molar-refractivity contribution in [2.24, 2.45) is 12.5 Å². The Morgan fingerprint density at radius 2 is 2.00 bits per heavy atom. The molecule has 2 fully saturated rings. The van der Waals surface area contributed by atoms with Gasteiger partial charge in [0, 0.05) is 49.1 Å². The van der Waals surface area contributed by atoms with Crippen molar-refractivity contribution in [1.29, 1.82) is 0 Å². The number of aryl methyl sites for hydroxylation is 1. The second-order valence-corrected chi connectivity index (χ2v) is 10.0. The van der Waals surface area contributed by atoms with E-state index in [1.807, 2.05) is 18.2 Å². The Kier molecular flexibility index (Phi) is 4.89. The van der Waals surface area contributed by atoms with Crippen molar-refractivity contribution in [3.63, 3.8) is 0 Å². The Bertz CT molecular complexity index is 1420. The molecule has 1 spiro atoms. The summed E-state index contributed by atoms with van der Waals surface area (Å²) >= 11 is 6.31. The smallest absolute Gasteiger partial charge is 0.259 e. The number of nitrogens with zero attached hydrogens (tertiary/aromatic N) is 4. The van der Waals surface area contributed by atoms with Crippen molar-refractivity contribution >= 4 is 33.3 Å². The largest absolute Gasteiger partial charge is 0.490 e. The number of benzene rings is 2. The summed E-state index contributed by atoms with van der Waals surface area (Å²) in [5, 5.41) is 11.1. The van der Waals surface area contributed by atoms with Crippen molar-refractivity contribution in [1.82, 2.24) is 19.7 Å². The predicted molar refractivity (Wildman–Crippen MR) is 130 cm³/mol. The van der Waals surface area contributed by atoms with Crippen LogP contribution in [0.1, 0.15) is 18.4 Å². The van der Waals surface area contributed by atoms with Crippen LogP contribution in [0, 0.1) is 5.41 Å². The summed E-state index contributed by atoms with van der Waals surface area (Å²) in [7, 11) is 1.73. The number of aromatic nitrogens is 3. The summed E-state index contributed by atoms with van der Waals surface area (Å²) in [4.78, 5) is 15.0. The van der Waals surface area contributed by atoms with Gasteiger partial charge in [0.15, 0.2) is 0 Å². The van der Waals surface area contributed by atoms with Crippen molar-refractivity contribution < 1.29 is 4.74 Å². The van der Waals surface area contributed by atoms with Gasteiger partial charge in [-0.25, -0.2) is 0 Å². The van der Waals surface area contributed by atoms with Crippen LogP contribution in [0.15, 0.2) is 59.7 Å². The topological polar surface area (TPSA) is 60.2 Å². The number of hydrogen-bond acceptors (Lipinski definition) is 5. The quantitative estimate of drug-likeness (QED) is 0.446. The van der Waals surface area contributed by atoms with Crippen LogP contribution in [-0.4, -0.2) is 45.4 Å². The van der Waals surface area contributed by atoms with Crippen molar-refractivity contribution in [2.75, 3.05) is 19.6 Å². The molecular weight excluding hydrogens is 436 g/mol. The maximum atomic E-state index is 12.5. The van der Waals surface area contributed by atoms with Gasteiger partial charge in [-0.05, 0) is 55.2 Å². The van der Waals surface area contributed by atoms with Crippen LogP contribution in [0.4, 0.5) is 0 Å². The first kappa shape index (κ1) is 20.6. The summed E-state index contributed by atoms with van der Waals surface area (Å²) in [5.74, 6) is 0.752. The Morgan fingerprint density at radius 3 is 2.85 bits per heavy atom. The number of ether oxygens (including phenoxy) is 1. The van der Waals surface area contributed by atoms with E-state index in [1.54, 1.807) is 30.1 Å². The van der Waals surface area contributed by atoms with Crippen LogP contribution >= 0.6 is 11.6 Å². The van der Waals surface area contributed by atoms with Gasteiger partial charge in [0.1, 0.15) is 5.75 Å². The van der Waals surface area contributed by atoms with Gasteiger partial charge < -0.3 is 14.2 Å². The van der Waals surface area contributed by atoms with Gasteiger partial charge in [0.05, 0.1) is 28.2 Å². The predicted octanol–water partition coefficient (Wildman–Crippen LogP) is 4.22. The molecule has 1 saturated heterocycles. The Labute approximate surface area is 196 Å². The minimum Gasteiger partial charge on any atom is -0.490 e. The first-order chi connectivity index (χ1) is 16.0. The average molecular weight is 461 g/mol. The molecule has 2 aromatic heterocycles. The Balaban J connectivity index is 1.05. The monoisotopic (exact) mass is 460 g/mol. The third kappa shape index (κ3) is 3.67. The fourth-order valence-corrected chi connectivity index (χ4v) is 5.69. The number of hydrogen-bond donors (Lipinski definition) is 0. The molecule has 1 aliphatic carbocycles. The highest BCUT2D eigenvalue weighted by molar-refractivity contribution is 6.35. The molecule has 6 rings (SSSR count). The van der Waals surface area contributed by atoms with Crippen LogP contribution < -0.4 is 10.3 Å². The van der Waals surface area contributed by atoms with Gasteiger partial charge in [-0.15, -0.1) is 0 Å². The van der Waals surface area contributed by atoms with Crippen molar-refractivity contribution in [3.8, 4) is 5.75 Å². The Morgan fingerprint density at radius 1 is 1.15 bits per heavy atom. The standard InChI is InChI=1S/C26H25ClN4O2/c1-30-10-8-20-23(5-4-21(27)24(20)25(30)32)33-19-13-26(14-19)15-31(16-26)11-7-17-2-3-18-6-9-28-29-22(18)12-17/h2-6,8-10,12,19H,7,11,13-16H2,1H3. The SMILES string of the molecule is Cn1ccc2c(OC3CC4(C3)CN(CCc3ccc5ccnnc5c3)C4)ccc(Cl)c2c1=O. The summed E-state index contributed by atoms with van der Waals surface area (Å²) in [6, 6.07) is 14.0. The molecule has 0 amide bonds. The normalized spacial score (nSPS) is 17.9. The van der Waals surface area contributed by atoms with E-state index < -0.39 is 0 Å². The lowest BCUT2D eigenvalue weighted by Crippen LogP contribution is -2.64. The lowest BCUT2D eigenvalue weighted by atomic mass is 9.61. The summed E-state index contributed by atoms with van der Waals surface area (Å²) in [5.41, 5.74) is 2.56. The minimum atomic E-state index is -0.0962. The van der Waals surface area contributed by atoms with E-state index in [4.69, 9.17) is 16.3 Å². The van der Waals surface area contributed by atoms with Gasteiger partial charge in [-0.1, -0.05) is 23.7 Å². The molecule has 4 aromatic rings. The van der Waals surface area contributed by atoms with E-state index in [0.717, 1.165) is 60.9 Å². The first-order valence-corrected chi connectivity index (χ1v) is 11.7. The van der Waals surface area contributed by atoms with Crippen molar-refractivity contribution in [2.45, 2.75) is 25.4 Å². The number of pyridine rings is 1. The highest BCUT2D eigenvalue weighted by atomic mass is 35.5. The highest BCUT2D eigenvalue weighted by Crippen LogP contribution is 2.50. The van der Waals surface area contributed by atoms with E-state index in [0.29, 0.717) is 15.8 Å². The van der Waals surface area contributed by atoms with Crippen LogP contribution in [0.25, 0.3) is 21.7 Å². The molecule has 1 aliphatic heterocycles. The molecule has 2 aromatic carbocycles. The zero-order valence-corrected chi connectivity index (χ0v) is 19.3. The fraction of sp³-hybridized carbons (Fsp3) is 0.346. The number of likely N-dealkylation sites (tertiary alicyclic amines) is 1. The zero-order chi connectivity index (χ0) is 22.6. The molecule has 0 unspecified atom stereocenters. The third-order valence-corrected chi connectivity index (χ3v) is 7.50. The molecule has 33 heavy (non-hydrogen) atoms. The number of fused-ring (bicyclic) bond motifs is 2. The van der Waals surface area contributed by atoms with Crippen LogP contribution in [0.2, 0.25) is 5.02 Å². The van der Waals surface area contributed by atoms with Gasteiger partial charge in [0.2, 0.25) is 0 Å². The number of halogens is 1. The van der Waals surface area contributed by atoms with E-state index >= 15 is 0 Å². The van der Waals surface area contributed by atoms with Crippen LogP contribution in [0.3, 0.4) is 0 Å². The minimum absolute atomic E-state index is 0.0962. The third-order valence-electron chi connectivity index (χ3n) is 7.18. The second-order valence-electron chi connectivity index (χ2n) is 9.60. The second kappa shape index (κ2) is 7.82. The molecule has 0 atom stereocenters. The Hall–Kier alpha value is -2.96. The summed E-state index contributed by atoms with van der Waals surface area (Å²) in [6.07, 6.45) is 6.83. The average Bonchev–Trinajstić information content (AvgIpc) is 2.77. The maximum absolute atomic E-state index is 12.5. The molecule has 3 heterocycles. The van der Waals surface area contributed by atoms with E-state index in [9.17, 15) is 4.79 Å². The summed E-state index contributed by atoms with van der Waals surface area (Å²) < 4.78 is 7.86. The molecule has 2 aliphatic rings. The van der Waals surface area contributed by atoms with Gasteiger partial charge in [-0.2, -0.15) is 10.2 Å². The van der Waals surface area contributed by atoms with Crippen LogP contribution in [0.5, 0.6) is 5.75 Å². The van der Waals surface area contributed by atoms with Crippen molar-refractivity contribution in [3.05, 3.63) is 75.8 Å². The number of rotatable bonds is 5. The van der Waals surface area contributed by atoms with E-state index in [2.05, 4.69) is 33.3 Å². The van der Waals surface area contributed by atoms with Gasteiger partial charge in [-0.3, -0.25) is 4.79 Å². The first-order valence-electron chi connectivity index (χ1n) is 11.4. The van der Waals surface area contributed by atoms with E-state index in [1.165, 1.54) is 5.56 Å². The van der Waals surface area contributed by atoms with Crippen LogP contribution in [-0.2, 0) is 13.5 Å². The molecule has 0 radical (unpaired) electrons. The molecule has 7 heteroatoms. The van der Waals surface area contributed by atoms with Gasteiger partial charge in [0.25, 0.3) is 5.56 Å². The van der Waals surface area contributed by atoms with Gasteiger partial charge >= 0.3 is 0 Å². The fourth-order valence-electron chi connectivity index (χ4n) is 5.45. The lowest BCUT2D eigenvalue weighted by Gasteiger charge is -2.58. The highest BCUT2D eigenvalue weighted by Gasteiger charge is 2.53. The molecule has 6 nitrogen and oxygen atoms in total. The van der Waals surface area contributed by atoms with E-state index in [-0.39, 0.29) is 11.7 Å². The molecule has 0 N–H and O–H groups in total. The zero-order valence-electron chi connectivity index (χ0n) is 18.5. The lowest BCUT2D eigenvalue weighted by molar-refractivity contribution is -0.118. The maximum Gasteiger partial charge on any atom is 0.259 e.